The Balaban J connectivity index is 0.905. The van der Waals surface area contributed by atoms with Gasteiger partial charge in [-0.25, -0.2) is 9.97 Å². The number of pyridine rings is 1. The number of ether oxygens (including phenoxy) is 2. The van der Waals surface area contributed by atoms with Crippen molar-refractivity contribution in [1.29, 1.82) is 0 Å². The Morgan fingerprint density at radius 3 is 2.40 bits per heavy atom. The fourth-order valence-corrected chi connectivity index (χ4v) is 7.99. The number of rotatable bonds is 10. The molecule has 50 heavy (non-hydrogen) atoms. The predicted molar refractivity (Wildman–Crippen MR) is 195 cm³/mol. The number of fused-ring (bicyclic) bond motifs is 1. The maximum Gasteiger partial charge on any atom is 0.274 e. The number of aromatic nitrogens is 4. The summed E-state index contributed by atoms with van der Waals surface area (Å²) in [6.07, 6.45) is 7.99. The minimum atomic E-state index is -0.117. The molecule has 5 aromatic rings. The molecule has 2 aromatic carbocycles. The Labute approximate surface area is 292 Å². The number of aryl methyl sites for hydroxylation is 1. The van der Waals surface area contributed by atoms with Crippen molar-refractivity contribution in [2.24, 2.45) is 17.9 Å². The quantitative estimate of drug-likeness (QED) is 0.189. The van der Waals surface area contributed by atoms with E-state index in [4.69, 9.17) is 9.47 Å². The molecule has 1 aliphatic heterocycles. The van der Waals surface area contributed by atoms with Gasteiger partial charge in [-0.3, -0.25) is 14.5 Å². The Morgan fingerprint density at radius 1 is 0.940 bits per heavy atom. The third-order valence-electron chi connectivity index (χ3n) is 10.1. The molecular weight excluding hydrogens is 630 g/mol. The molecule has 0 spiro atoms. The lowest BCUT2D eigenvalue weighted by Crippen LogP contribution is -2.63. The summed E-state index contributed by atoms with van der Waals surface area (Å²) in [5.41, 5.74) is 2.96. The highest BCUT2D eigenvalue weighted by Crippen LogP contribution is 2.53. The summed E-state index contributed by atoms with van der Waals surface area (Å²) in [4.78, 5) is 42.2. The van der Waals surface area contributed by atoms with Crippen LogP contribution in [0.5, 0.6) is 17.2 Å². The summed E-state index contributed by atoms with van der Waals surface area (Å²) >= 11 is 0. The van der Waals surface area contributed by atoms with Crippen molar-refractivity contribution in [3.63, 3.8) is 0 Å². The van der Waals surface area contributed by atoms with Crippen LogP contribution >= 0.6 is 0 Å². The third-order valence-corrected chi connectivity index (χ3v) is 10.1. The number of aromatic amines is 1. The van der Waals surface area contributed by atoms with E-state index in [0.717, 1.165) is 61.4 Å². The highest BCUT2D eigenvalue weighted by Gasteiger charge is 2.53. The molecule has 0 atom stereocenters. The third kappa shape index (κ3) is 6.69. The van der Waals surface area contributed by atoms with Gasteiger partial charge in [0.25, 0.3) is 11.5 Å². The molecule has 260 valence electrons. The molecule has 11 heteroatoms. The van der Waals surface area contributed by atoms with Crippen LogP contribution in [0.15, 0.2) is 84.2 Å². The van der Waals surface area contributed by atoms with Crippen molar-refractivity contribution in [3.8, 4) is 28.4 Å². The molecule has 3 aromatic heterocycles. The Kier molecular flexibility index (Phi) is 8.86. The van der Waals surface area contributed by atoms with Crippen molar-refractivity contribution >= 4 is 22.8 Å². The van der Waals surface area contributed by atoms with Crippen LogP contribution in [0.4, 0.5) is 5.95 Å². The molecule has 1 saturated carbocycles. The topological polar surface area (TPSA) is 118 Å². The summed E-state index contributed by atoms with van der Waals surface area (Å²) < 4.78 is 14.1. The van der Waals surface area contributed by atoms with Gasteiger partial charge in [0, 0.05) is 93.2 Å². The number of carbonyl (C=O) groups excluding carboxylic acids is 1. The molecule has 0 radical (unpaired) electrons. The van der Waals surface area contributed by atoms with Crippen LogP contribution in [-0.2, 0) is 7.05 Å². The van der Waals surface area contributed by atoms with Crippen LogP contribution < -0.4 is 25.2 Å². The molecule has 7 rings (SSSR count). The molecule has 11 nitrogen and oxygen atoms in total. The number of H-pyrrole nitrogens is 1. The first-order valence-electron chi connectivity index (χ1n) is 17.3. The maximum absolute atomic E-state index is 12.9. The smallest absolute Gasteiger partial charge is 0.274 e. The molecule has 2 aliphatic rings. The first kappa shape index (κ1) is 33.3. The van der Waals surface area contributed by atoms with Gasteiger partial charge < -0.3 is 29.2 Å². The maximum atomic E-state index is 12.9. The van der Waals surface area contributed by atoms with E-state index in [2.05, 4.69) is 57.8 Å². The second kappa shape index (κ2) is 13.3. The van der Waals surface area contributed by atoms with Crippen LogP contribution in [0.25, 0.3) is 22.0 Å². The highest BCUT2D eigenvalue weighted by atomic mass is 16.5. The highest BCUT2D eigenvalue weighted by molar-refractivity contribution is 5.96. The van der Waals surface area contributed by atoms with Gasteiger partial charge in [-0.2, -0.15) is 0 Å². The molecule has 0 bridgehead atoms. The summed E-state index contributed by atoms with van der Waals surface area (Å²) in [6.45, 7) is 13.4. The van der Waals surface area contributed by atoms with Crippen LogP contribution in [0.1, 0.15) is 44.5 Å². The van der Waals surface area contributed by atoms with Gasteiger partial charge in [-0.1, -0.05) is 52.0 Å². The molecule has 1 saturated heterocycles. The van der Waals surface area contributed by atoms with E-state index in [1.54, 1.807) is 30.2 Å². The van der Waals surface area contributed by atoms with E-state index >= 15 is 0 Å². The number of hydrogen-bond acceptors (Lipinski definition) is 8. The molecule has 1 aliphatic carbocycles. The van der Waals surface area contributed by atoms with Crippen molar-refractivity contribution in [2.75, 3.05) is 44.2 Å². The van der Waals surface area contributed by atoms with Gasteiger partial charge in [0.1, 0.15) is 29.4 Å². The molecule has 0 unspecified atom stereocenters. The lowest BCUT2D eigenvalue weighted by Gasteiger charge is -2.57. The van der Waals surface area contributed by atoms with Crippen LogP contribution in [0.2, 0.25) is 0 Å². The number of nitrogens with zero attached hydrogens (tertiary/aromatic N) is 5. The van der Waals surface area contributed by atoms with E-state index in [-0.39, 0.29) is 28.3 Å². The zero-order valence-electron chi connectivity index (χ0n) is 29.4. The number of piperazine rings is 1. The number of anilines is 1. The van der Waals surface area contributed by atoms with Crippen LogP contribution in [0, 0.1) is 10.8 Å². The van der Waals surface area contributed by atoms with E-state index < -0.39 is 0 Å². The number of hydrogen-bond donors (Lipinski definition) is 2. The van der Waals surface area contributed by atoms with Gasteiger partial charge in [0.05, 0.1) is 5.56 Å². The van der Waals surface area contributed by atoms with Crippen LogP contribution in [0.3, 0.4) is 0 Å². The molecule has 4 heterocycles. The van der Waals surface area contributed by atoms with Gasteiger partial charge >= 0.3 is 0 Å². The minimum Gasteiger partial charge on any atom is -0.492 e. The number of para-hydroxylation sites is 1. The monoisotopic (exact) mass is 675 g/mol. The second-order valence-electron chi connectivity index (χ2n) is 14.8. The van der Waals surface area contributed by atoms with E-state index in [9.17, 15) is 9.59 Å². The number of carbonyl (C=O) groups is 1. The summed E-state index contributed by atoms with van der Waals surface area (Å²) in [5.74, 6) is 2.61. The van der Waals surface area contributed by atoms with Gasteiger partial charge in [0.2, 0.25) is 5.95 Å². The normalized spacial score (nSPS) is 17.3. The van der Waals surface area contributed by atoms with Gasteiger partial charge in [-0.15, -0.1) is 0 Å². The second-order valence-corrected chi connectivity index (χ2v) is 14.8. The Bertz CT molecular complexity index is 2050. The van der Waals surface area contributed by atoms with Crippen molar-refractivity contribution in [2.45, 2.75) is 40.2 Å². The van der Waals surface area contributed by atoms with Crippen molar-refractivity contribution < 1.29 is 14.3 Å². The predicted octanol–water partition coefficient (Wildman–Crippen LogP) is 5.87. The molecular formula is C39H45N7O4. The van der Waals surface area contributed by atoms with E-state index in [0.29, 0.717) is 35.1 Å². The lowest BCUT2D eigenvalue weighted by molar-refractivity contribution is -0.0366. The fraction of sp³-hybridized carbons (Fsp3) is 0.385. The average Bonchev–Trinajstić information content (AvgIpc) is 3.60. The first-order valence-corrected chi connectivity index (χ1v) is 17.3. The largest absolute Gasteiger partial charge is 0.492 e. The fourth-order valence-electron chi connectivity index (χ4n) is 7.99. The van der Waals surface area contributed by atoms with Crippen LogP contribution in [-0.4, -0.2) is 75.7 Å². The minimum absolute atomic E-state index is 0.0717. The standard InChI is InChI=1S/C39H45N7O4/c1-38(2)25-39(3,4)36(38)43-34(47)26-22-41-37(42-23-26)46-17-15-45(16-18-46)19-20-49-27-9-8-10-28(21-27)50-32-12-7-6-11-29(32)31-24-44(5)35(48)33-30(31)13-14-40-33/h6-14,21-24,36,40H,15-20,25H2,1-5H3,(H,43,47). The first-order chi connectivity index (χ1) is 24.0. The Morgan fingerprint density at radius 2 is 1.66 bits per heavy atom. The molecule has 1 amide bonds. The zero-order chi connectivity index (χ0) is 35.0. The van der Waals surface area contributed by atoms with Crippen molar-refractivity contribution in [3.05, 3.63) is 95.3 Å². The lowest BCUT2D eigenvalue weighted by atomic mass is 9.52. The summed E-state index contributed by atoms with van der Waals surface area (Å²) in [6, 6.07) is 17.5. The van der Waals surface area contributed by atoms with E-state index in [1.165, 1.54) is 0 Å². The van der Waals surface area contributed by atoms with Gasteiger partial charge in [-0.05, 0) is 41.5 Å². The number of amides is 1. The number of benzene rings is 2. The molecule has 2 N–H and O–H groups in total. The summed E-state index contributed by atoms with van der Waals surface area (Å²) in [5, 5.41) is 4.06. The Hall–Kier alpha value is -5.16. The average molecular weight is 676 g/mol. The van der Waals surface area contributed by atoms with Crippen molar-refractivity contribution in [1.82, 2.24) is 29.7 Å². The SMILES string of the molecule is Cn1cc(-c2ccccc2Oc2cccc(OCCN3CCN(c4ncc(C(=O)NC5C(C)(C)CC5(C)C)cn4)CC3)c2)c2cc[nH]c2c1=O. The molecule has 2 fully saturated rings. The zero-order valence-corrected chi connectivity index (χ0v) is 29.4. The number of nitrogens with one attached hydrogen (secondary N) is 2. The van der Waals surface area contributed by atoms with E-state index in [1.807, 2.05) is 60.8 Å². The van der Waals surface area contributed by atoms with Gasteiger partial charge in [0.15, 0.2) is 0 Å². The summed E-state index contributed by atoms with van der Waals surface area (Å²) in [7, 11) is 1.75.